The minimum absolute atomic E-state index is 0.0562. The molecule has 2 nitrogen and oxygen atoms in total. The van der Waals surface area contributed by atoms with E-state index in [1.807, 2.05) is 0 Å². The first kappa shape index (κ1) is 11.7. The molecule has 15 heavy (non-hydrogen) atoms. The Morgan fingerprint density at radius 3 is 2.87 bits per heavy atom. The predicted octanol–water partition coefficient (Wildman–Crippen LogP) is 2.12. The zero-order valence-corrected chi connectivity index (χ0v) is 10.5. The normalized spacial score (nSPS) is 39.2. The summed E-state index contributed by atoms with van der Waals surface area (Å²) in [5.74, 6) is 1.25. The Morgan fingerprint density at radius 1 is 1.33 bits per heavy atom. The maximum Gasteiger partial charge on any atom is 0.0695 e. The lowest BCUT2D eigenvalue weighted by molar-refractivity contribution is 0.0212. The van der Waals surface area contributed by atoms with Crippen LogP contribution in [0, 0.1) is 0 Å². The van der Waals surface area contributed by atoms with Gasteiger partial charge in [0.25, 0.3) is 0 Å². The number of rotatable bonds is 2. The van der Waals surface area contributed by atoms with Crippen molar-refractivity contribution in [3.8, 4) is 0 Å². The third-order valence-corrected chi connectivity index (χ3v) is 5.16. The second-order valence-corrected chi connectivity index (χ2v) is 6.22. The summed E-state index contributed by atoms with van der Waals surface area (Å²) in [6.07, 6.45) is 5.97. The highest BCUT2D eigenvalue weighted by atomic mass is 32.2. The van der Waals surface area contributed by atoms with Gasteiger partial charge in [-0.15, -0.1) is 0 Å². The van der Waals surface area contributed by atoms with Crippen molar-refractivity contribution in [1.82, 2.24) is 4.90 Å². The maximum absolute atomic E-state index is 10.0. The van der Waals surface area contributed by atoms with Gasteiger partial charge in [0.2, 0.25) is 0 Å². The molecule has 3 unspecified atom stereocenters. The van der Waals surface area contributed by atoms with Crippen LogP contribution >= 0.6 is 11.8 Å². The minimum atomic E-state index is -0.0562. The smallest absolute Gasteiger partial charge is 0.0695 e. The third kappa shape index (κ3) is 2.89. The Kier molecular flexibility index (Phi) is 4.35. The van der Waals surface area contributed by atoms with E-state index in [1.165, 1.54) is 44.5 Å². The van der Waals surface area contributed by atoms with Crippen molar-refractivity contribution in [1.29, 1.82) is 0 Å². The highest BCUT2D eigenvalue weighted by molar-refractivity contribution is 8.00. The van der Waals surface area contributed by atoms with Crippen molar-refractivity contribution in [2.75, 3.05) is 18.8 Å². The molecular formula is C12H23NOS. The summed E-state index contributed by atoms with van der Waals surface area (Å²) in [5, 5.41) is 10.8. The molecule has 1 heterocycles. The molecule has 1 aliphatic carbocycles. The Labute approximate surface area is 97.4 Å². The van der Waals surface area contributed by atoms with Gasteiger partial charge in [0.05, 0.1) is 6.10 Å². The van der Waals surface area contributed by atoms with Crippen LogP contribution in [0.4, 0.5) is 0 Å². The highest BCUT2D eigenvalue weighted by Crippen LogP contribution is 2.28. The molecule has 3 heteroatoms. The van der Waals surface area contributed by atoms with Gasteiger partial charge in [-0.2, -0.15) is 11.8 Å². The fourth-order valence-corrected chi connectivity index (χ4v) is 4.01. The lowest BCUT2D eigenvalue weighted by Gasteiger charge is -2.41. The quantitative estimate of drug-likeness (QED) is 0.784. The van der Waals surface area contributed by atoms with E-state index in [-0.39, 0.29) is 6.10 Å². The van der Waals surface area contributed by atoms with E-state index in [0.29, 0.717) is 6.04 Å². The van der Waals surface area contributed by atoms with Crippen molar-refractivity contribution in [2.45, 2.75) is 56.4 Å². The predicted molar refractivity (Wildman–Crippen MR) is 66.4 cm³/mol. The van der Waals surface area contributed by atoms with Crippen LogP contribution < -0.4 is 0 Å². The summed E-state index contributed by atoms with van der Waals surface area (Å²) in [6.45, 7) is 4.66. The van der Waals surface area contributed by atoms with Crippen LogP contribution in [0.15, 0.2) is 0 Å². The van der Waals surface area contributed by atoms with Gasteiger partial charge in [-0.05, 0) is 19.3 Å². The molecule has 0 aromatic heterocycles. The molecule has 0 amide bonds. The standard InChI is InChI=1S/C12H23NOS/c1-2-10-9-13(7-8-15-10)11-5-3-4-6-12(11)14/h10-12,14H,2-9H2,1H3. The van der Waals surface area contributed by atoms with Crippen LogP contribution in [0.2, 0.25) is 0 Å². The second-order valence-electron chi connectivity index (χ2n) is 4.82. The molecule has 2 aliphatic rings. The monoisotopic (exact) mass is 229 g/mol. The number of aliphatic hydroxyl groups excluding tert-OH is 1. The van der Waals surface area contributed by atoms with E-state index >= 15 is 0 Å². The first-order valence-electron chi connectivity index (χ1n) is 6.35. The van der Waals surface area contributed by atoms with E-state index in [0.717, 1.165) is 11.7 Å². The number of thioether (sulfide) groups is 1. The first-order valence-corrected chi connectivity index (χ1v) is 7.40. The lowest BCUT2D eigenvalue weighted by atomic mass is 9.91. The van der Waals surface area contributed by atoms with Crippen LogP contribution in [-0.4, -0.2) is 46.2 Å². The van der Waals surface area contributed by atoms with E-state index in [9.17, 15) is 5.11 Å². The molecule has 1 N–H and O–H groups in total. The molecule has 0 aromatic carbocycles. The Hall–Kier alpha value is 0.270. The summed E-state index contributed by atoms with van der Waals surface area (Å²) in [6, 6.07) is 0.466. The molecular weight excluding hydrogens is 206 g/mol. The second kappa shape index (κ2) is 5.55. The molecule has 1 saturated carbocycles. The molecule has 0 bridgehead atoms. The van der Waals surface area contributed by atoms with E-state index in [4.69, 9.17) is 0 Å². The van der Waals surface area contributed by atoms with Gasteiger partial charge in [0.15, 0.2) is 0 Å². The number of hydrogen-bond acceptors (Lipinski definition) is 3. The van der Waals surface area contributed by atoms with E-state index in [2.05, 4.69) is 23.6 Å². The molecule has 0 radical (unpaired) electrons. The fraction of sp³-hybridized carbons (Fsp3) is 1.00. The zero-order valence-electron chi connectivity index (χ0n) is 9.69. The highest BCUT2D eigenvalue weighted by Gasteiger charge is 2.31. The van der Waals surface area contributed by atoms with Gasteiger partial charge in [-0.25, -0.2) is 0 Å². The number of nitrogens with zero attached hydrogens (tertiary/aromatic N) is 1. The molecule has 1 aliphatic heterocycles. The zero-order chi connectivity index (χ0) is 10.7. The van der Waals surface area contributed by atoms with Gasteiger partial charge < -0.3 is 5.11 Å². The number of aliphatic hydroxyl groups is 1. The SMILES string of the molecule is CCC1CN(C2CCCCC2O)CCS1. The topological polar surface area (TPSA) is 23.5 Å². The molecule has 0 aromatic rings. The van der Waals surface area contributed by atoms with Crippen LogP contribution in [0.1, 0.15) is 39.0 Å². The Morgan fingerprint density at radius 2 is 2.13 bits per heavy atom. The van der Waals surface area contributed by atoms with Gasteiger partial charge in [0, 0.05) is 30.1 Å². The molecule has 0 spiro atoms. The molecule has 88 valence electrons. The third-order valence-electron chi connectivity index (χ3n) is 3.79. The average Bonchev–Trinajstić information content (AvgIpc) is 2.30. The summed E-state index contributed by atoms with van der Waals surface area (Å²) in [4.78, 5) is 2.55. The lowest BCUT2D eigenvalue weighted by Crippen LogP contribution is -2.50. The van der Waals surface area contributed by atoms with Crippen molar-refractivity contribution in [3.05, 3.63) is 0 Å². The molecule has 1 saturated heterocycles. The fourth-order valence-electron chi connectivity index (χ4n) is 2.81. The Balaban J connectivity index is 1.90. The van der Waals surface area contributed by atoms with Crippen LogP contribution in [-0.2, 0) is 0 Å². The minimum Gasteiger partial charge on any atom is -0.391 e. The van der Waals surface area contributed by atoms with Gasteiger partial charge in [-0.3, -0.25) is 4.90 Å². The maximum atomic E-state index is 10.0. The van der Waals surface area contributed by atoms with Crippen molar-refractivity contribution >= 4 is 11.8 Å². The van der Waals surface area contributed by atoms with Gasteiger partial charge >= 0.3 is 0 Å². The molecule has 2 rings (SSSR count). The summed E-state index contributed by atoms with van der Waals surface area (Å²) < 4.78 is 0. The average molecular weight is 229 g/mol. The van der Waals surface area contributed by atoms with Crippen molar-refractivity contribution in [2.24, 2.45) is 0 Å². The van der Waals surface area contributed by atoms with Crippen molar-refractivity contribution in [3.63, 3.8) is 0 Å². The molecule has 2 fully saturated rings. The van der Waals surface area contributed by atoms with E-state index < -0.39 is 0 Å². The van der Waals surface area contributed by atoms with Crippen LogP contribution in [0.3, 0.4) is 0 Å². The van der Waals surface area contributed by atoms with Crippen LogP contribution in [0.25, 0.3) is 0 Å². The van der Waals surface area contributed by atoms with Crippen molar-refractivity contribution < 1.29 is 5.11 Å². The summed E-state index contributed by atoms with van der Waals surface area (Å²) >= 11 is 2.11. The number of hydrogen-bond donors (Lipinski definition) is 1. The first-order chi connectivity index (χ1) is 7.31. The largest absolute Gasteiger partial charge is 0.391 e. The Bertz CT molecular complexity index is 200. The summed E-state index contributed by atoms with van der Waals surface area (Å²) in [7, 11) is 0. The van der Waals surface area contributed by atoms with Gasteiger partial charge in [-0.1, -0.05) is 19.8 Å². The molecule has 3 atom stereocenters. The van der Waals surface area contributed by atoms with Gasteiger partial charge in [0.1, 0.15) is 0 Å². The summed E-state index contributed by atoms with van der Waals surface area (Å²) in [5.41, 5.74) is 0. The van der Waals surface area contributed by atoms with Crippen LogP contribution in [0.5, 0.6) is 0 Å². The van der Waals surface area contributed by atoms with E-state index in [1.54, 1.807) is 0 Å².